The Morgan fingerprint density at radius 3 is 2.92 bits per heavy atom. The third kappa shape index (κ3) is 3.26. The summed E-state index contributed by atoms with van der Waals surface area (Å²) in [5.74, 6) is -0.992. The van der Waals surface area contributed by atoms with E-state index in [1.165, 1.54) is 28.3 Å². The number of carbonyl (C=O) groups is 1. The third-order valence-corrected chi connectivity index (χ3v) is 5.63. The molecule has 0 spiro atoms. The van der Waals surface area contributed by atoms with Gasteiger partial charge in [-0.15, -0.1) is 11.3 Å². The molecule has 0 fully saturated rings. The highest BCUT2D eigenvalue weighted by Gasteiger charge is 2.19. The first-order valence-corrected chi connectivity index (χ1v) is 9.36. The van der Waals surface area contributed by atoms with Crippen LogP contribution in [0.5, 0.6) is 0 Å². The van der Waals surface area contributed by atoms with Crippen LogP contribution in [0, 0.1) is 5.82 Å². The summed E-state index contributed by atoms with van der Waals surface area (Å²) in [6, 6.07) is 7.49. The van der Waals surface area contributed by atoms with Crippen molar-refractivity contribution in [2.75, 3.05) is 0 Å². The van der Waals surface area contributed by atoms with Crippen molar-refractivity contribution in [3.05, 3.63) is 68.3 Å². The van der Waals surface area contributed by atoms with E-state index in [9.17, 15) is 14.0 Å². The minimum Gasteiger partial charge on any atom is -0.459 e. The number of aromatic nitrogens is 2. The molecule has 26 heavy (non-hydrogen) atoms. The van der Waals surface area contributed by atoms with E-state index in [0.29, 0.717) is 10.7 Å². The van der Waals surface area contributed by atoms with Gasteiger partial charge in [0.25, 0.3) is 5.56 Å². The number of fused-ring (bicyclic) bond motifs is 3. The number of thiazole rings is 1. The Balaban J connectivity index is 1.50. The van der Waals surface area contributed by atoms with Crippen LogP contribution in [0.25, 0.3) is 4.96 Å². The number of halogens is 1. The van der Waals surface area contributed by atoms with Gasteiger partial charge in [-0.3, -0.25) is 14.0 Å². The van der Waals surface area contributed by atoms with Gasteiger partial charge in [0.2, 0.25) is 0 Å². The second-order valence-corrected chi connectivity index (χ2v) is 7.37. The van der Waals surface area contributed by atoms with E-state index in [1.54, 1.807) is 22.6 Å². The number of aryl methyl sites for hydroxylation is 2. The maximum atomic E-state index is 13.6. The molecule has 7 heteroatoms. The Kier molecular flexibility index (Phi) is 4.55. The van der Waals surface area contributed by atoms with Crippen LogP contribution in [-0.4, -0.2) is 15.4 Å². The molecule has 0 atom stereocenters. The SMILES string of the molecule is O=C(Cc1ccccc1F)OCc1cc(=O)n2c3c(sc2n1)CCCC3. The van der Waals surface area contributed by atoms with Crippen LogP contribution in [0.1, 0.15) is 34.7 Å². The molecule has 0 aliphatic heterocycles. The fraction of sp³-hybridized carbons (Fsp3) is 0.316. The maximum Gasteiger partial charge on any atom is 0.310 e. The average Bonchev–Trinajstić information content (AvgIpc) is 3.01. The van der Waals surface area contributed by atoms with Crippen LogP contribution in [0.3, 0.4) is 0 Å². The van der Waals surface area contributed by atoms with Crippen LogP contribution in [0.4, 0.5) is 4.39 Å². The molecule has 0 radical (unpaired) electrons. The third-order valence-electron chi connectivity index (χ3n) is 4.49. The van der Waals surface area contributed by atoms with Gasteiger partial charge in [0.15, 0.2) is 4.96 Å². The summed E-state index contributed by atoms with van der Waals surface area (Å²) in [6.45, 7) is -0.0956. The maximum absolute atomic E-state index is 13.6. The highest BCUT2D eigenvalue weighted by Crippen LogP contribution is 2.28. The van der Waals surface area contributed by atoms with Gasteiger partial charge in [-0.05, 0) is 37.3 Å². The molecule has 0 N–H and O–H groups in total. The Labute approximate surface area is 153 Å². The Bertz CT molecular complexity index is 1040. The summed E-state index contributed by atoms with van der Waals surface area (Å²) in [5.41, 5.74) is 1.62. The number of ether oxygens (including phenoxy) is 1. The number of nitrogens with zero attached hydrogens (tertiary/aromatic N) is 2. The highest BCUT2D eigenvalue weighted by molar-refractivity contribution is 7.17. The molecule has 2 heterocycles. The van der Waals surface area contributed by atoms with Crippen LogP contribution in [0.15, 0.2) is 35.1 Å². The molecule has 0 saturated heterocycles. The van der Waals surface area contributed by atoms with Crippen molar-refractivity contribution in [1.82, 2.24) is 9.38 Å². The lowest BCUT2D eigenvalue weighted by Crippen LogP contribution is -2.19. The molecule has 0 unspecified atom stereocenters. The number of rotatable bonds is 4. The van der Waals surface area contributed by atoms with Gasteiger partial charge in [0.05, 0.1) is 12.1 Å². The number of benzene rings is 1. The van der Waals surface area contributed by atoms with Crippen molar-refractivity contribution in [2.24, 2.45) is 0 Å². The van der Waals surface area contributed by atoms with Crippen molar-refractivity contribution in [3.8, 4) is 0 Å². The molecule has 0 saturated carbocycles. The minimum absolute atomic E-state index is 0.0956. The zero-order valence-electron chi connectivity index (χ0n) is 14.0. The second-order valence-electron chi connectivity index (χ2n) is 6.31. The number of esters is 1. The topological polar surface area (TPSA) is 60.7 Å². The molecule has 3 aromatic rings. The van der Waals surface area contributed by atoms with Crippen molar-refractivity contribution in [1.29, 1.82) is 0 Å². The molecule has 2 aromatic heterocycles. The van der Waals surface area contributed by atoms with E-state index in [4.69, 9.17) is 4.74 Å². The van der Waals surface area contributed by atoms with Gasteiger partial charge in [-0.25, -0.2) is 9.37 Å². The molecule has 1 aromatic carbocycles. The molecular weight excluding hydrogens is 355 g/mol. The monoisotopic (exact) mass is 372 g/mol. The van der Waals surface area contributed by atoms with Crippen molar-refractivity contribution in [3.63, 3.8) is 0 Å². The standard InChI is InChI=1S/C19H17FN2O3S/c20-14-6-2-1-5-12(14)9-18(24)25-11-13-10-17(23)22-15-7-3-4-8-16(15)26-19(22)21-13/h1-2,5-6,10H,3-4,7-9,11H2. The predicted octanol–water partition coefficient (Wildman–Crippen LogP) is 3.06. The van der Waals surface area contributed by atoms with Crippen LogP contribution < -0.4 is 5.56 Å². The number of carbonyl (C=O) groups excluding carboxylic acids is 1. The first-order valence-electron chi connectivity index (χ1n) is 8.54. The van der Waals surface area contributed by atoms with E-state index in [0.717, 1.165) is 31.4 Å². The zero-order chi connectivity index (χ0) is 18.1. The van der Waals surface area contributed by atoms with Gasteiger partial charge >= 0.3 is 5.97 Å². The van der Waals surface area contributed by atoms with Crippen molar-refractivity contribution < 1.29 is 13.9 Å². The number of hydrogen-bond acceptors (Lipinski definition) is 5. The van der Waals surface area contributed by atoms with E-state index in [-0.39, 0.29) is 24.2 Å². The molecule has 134 valence electrons. The minimum atomic E-state index is -0.553. The van der Waals surface area contributed by atoms with Crippen molar-refractivity contribution in [2.45, 2.75) is 38.7 Å². The highest BCUT2D eigenvalue weighted by atomic mass is 32.1. The molecule has 0 bridgehead atoms. The number of hydrogen-bond donors (Lipinski definition) is 0. The van der Waals surface area contributed by atoms with Crippen LogP contribution >= 0.6 is 11.3 Å². The van der Waals surface area contributed by atoms with E-state index < -0.39 is 11.8 Å². The largest absolute Gasteiger partial charge is 0.459 e. The van der Waals surface area contributed by atoms with Gasteiger partial charge in [-0.1, -0.05) is 18.2 Å². The molecule has 1 aliphatic carbocycles. The van der Waals surface area contributed by atoms with Crippen LogP contribution in [0.2, 0.25) is 0 Å². The lowest BCUT2D eigenvalue weighted by Gasteiger charge is -2.10. The molecule has 1 aliphatic rings. The molecule has 5 nitrogen and oxygen atoms in total. The Morgan fingerprint density at radius 1 is 1.27 bits per heavy atom. The van der Waals surface area contributed by atoms with Crippen LogP contribution in [-0.2, 0) is 35.4 Å². The van der Waals surface area contributed by atoms with Gasteiger partial charge in [0.1, 0.15) is 12.4 Å². The lowest BCUT2D eigenvalue weighted by atomic mass is 10.0. The van der Waals surface area contributed by atoms with E-state index >= 15 is 0 Å². The summed E-state index contributed by atoms with van der Waals surface area (Å²) in [7, 11) is 0. The smallest absolute Gasteiger partial charge is 0.310 e. The zero-order valence-corrected chi connectivity index (χ0v) is 14.9. The first-order chi connectivity index (χ1) is 12.6. The lowest BCUT2D eigenvalue weighted by molar-refractivity contribution is -0.144. The summed E-state index contributed by atoms with van der Waals surface area (Å²) in [4.78, 5) is 30.7. The second kappa shape index (κ2) is 6.99. The average molecular weight is 372 g/mol. The summed E-state index contributed by atoms with van der Waals surface area (Å²) < 4.78 is 20.4. The first kappa shape index (κ1) is 16.9. The molecular formula is C19H17FN2O3S. The summed E-state index contributed by atoms with van der Waals surface area (Å²) in [5, 5.41) is 0. The Morgan fingerprint density at radius 2 is 2.08 bits per heavy atom. The quantitative estimate of drug-likeness (QED) is 0.661. The van der Waals surface area contributed by atoms with Gasteiger partial charge < -0.3 is 4.74 Å². The summed E-state index contributed by atoms with van der Waals surface area (Å²) in [6.07, 6.45) is 3.95. The summed E-state index contributed by atoms with van der Waals surface area (Å²) >= 11 is 1.53. The fourth-order valence-corrected chi connectivity index (χ4v) is 4.45. The molecule has 0 amide bonds. The normalized spacial score (nSPS) is 13.6. The predicted molar refractivity (Wildman–Crippen MR) is 95.9 cm³/mol. The Hall–Kier alpha value is -2.54. The van der Waals surface area contributed by atoms with E-state index in [2.05, 4.69) is 4.98 Å². The van der Waals surface area contributed by atoms with Crippen molar-refractivity contribution >= 4 is 22.3 Å². The van der Waals surface area contributed by atoms with Gasteiger partial charge in [-0.2, -0.15) is 0 Å². The molecule has 4 rings (SSSR count). The van der Waals surface area contributed by atoms with E-state index in [1.807, 2.05) is 0 Å². The van der Waals surface area contributed by atoms with Gasteiger partial charge in [0, 0.05) is 16.6 Å². The fourth-order valence-electron chi connectivity index (χ4n) is 3.22.